The number of alkyl halides is 1. The van der Waals surface area contributed by atoms with Crippen LogP contribution < -0.4 is 15.0 Å². The van der Waals surface area contributed by atoms with Gasteiger partial charge in [0.2, 0.25) is 5.95 Å². The van der Waals surface area contributed by atoms with E-state index in [4.69, 9.17) is 9.72 Å². The molecule has 0 amide bonds. The van der Waals surface area contributed by atoms with Gasteiger partial charge >= 0.3 is 0 Å². The first-order valence-electron chi connectivity index (χ1n) is 12.6. The highest BCUT2D eigenvalue weighted by Crippen LogP contribution is 2.39. The number of nitrogens with zero attached hydrogens (tertiary/aromatic N) is 4. The molecule has 0 unspecified atom stereocenters. The monoisotopic (exact) mass is 486 g/mol. The van der Waals surface area contributed by atoms with E-state index in [0.29, 0.717) is 12.6 Å². The summed E-state index contributed by atoms with van der Waals surface area (Å²) in [5.74, 6) is 2.55. The van der Waals surface area contributed by atoms with Crippen molar-refractivity contribution in [2.45, 2.75) is 39.7 Å². The number of fused-ring (bicyclic) bond motifs is 3. The zero-order valence-electron chi connectivity index (χ0n) is 20.8. The zero-order chi connectivity index (χ0) is 24.7. The molecule has 2 N–H and O–H groups in total. The number of ether oxygens (including phenoxy) is 1. The molecule has 6 rings (SSSR count). The number of anilines is 2. The summed E-state index contributed by atoms with van der Waals surface area (Å²) in [5, 5.41) is 2.96. The van der Waals surface area contributed by atoms with Gasteiger partial charge in [-0.3, -0.25) is 0 Å². The van der Waals surface area contributed by atoms with Gasteiger partial charge in [-0.1, -0.05) is 26.0 Å². The highest BCUT2D eigenvalue weighted by molar-refractivity contribution is 5.83. The molecule has 8 heteroatoms. The molecular formula is C28H31FN6O. The minimum Gasteiger partial charge on any atom is -0.491 e. The molecule has 3 heterocycles. The third-order valence-corrected chi connectivity index (χ3v) is 7.25. The van der Waals surface area contributed by atoms with E-state index < -0.39 is 6.67 Å². The Morgan fingerprint density at radius 3 is 2.89 bits per heavy atom. The third kappa shape index (κ3) is 4.36. The van der Waals surface area contributed by atoms with Gasteiger partial charge < -0.3 is 19.9 Å². The van der Waals surface area contributed by atoms with E-state index in [1.165, 1.54) is 11.3 Å². The van der Waals surface area contributed by atoms with Crippen LogP contribution in [0.15, 0.2) is 42.7 Å². The smallest absolute Gasteiger partial charge is 0.201 e. The van der Waals surface area contributed by atoms with Crippen molar-refractivity contribution in [3.63, 3.8) is 0 Å². The number of aromatic amines is 1. The van der Waals surface area contributed by atoms with Gasteiger partial charge in [0.1, 0.15) is 31.2 Å². The number of benzene rings is 2. The molecule has 36 heavy (non-hydrogen) atoms. The summed E-state index contributed by atoms with van der Waals surface area (Å²) in [6.07, 6.45) is 4.87. The first-order chi connectivity index (χ1) is 17.5. The average Bonchev–Trinajstić information content (AvgIpc) is 3.16. The Balaban J connectivity index is 1.31. The lowest BCUT2D eigenvalue weighted by Gasteiger charge is -2.33. The molecule has 1 aliphatic carbocycles. The maximum absolute atomic E-state index is 12.5. The summed E-state index contributed by atoms with van der Waals surface area (Å²) in [6, 6.07) is 12.5. The molecule has 0 spiro atoms. The summed E-state index contributed by atoms with van der Waals surface area (Å²) in [6.45, 7) is 6.59. The zero-order valence-corrected chi connectivity index (χ0v) is 20.8. The minimum atomic E-state index is -0.438. The summed E-state index contributed by atoms with van der Waals surface area (Å²) in [4.78, 5) is 19.4. The predicted molar refractivity (Wildman–Crippen MR) is 140 cm³/mol. The fourth-order valence-electron chi connectivity index (χ4n) is 5.32. The number of halogens is 1. The van der Waals surface area contributed by atoms with E-state index in [0.717, 1.165) is 71.6 Å². The normalized spacial score (nSPS) is 16.7. The van der Waals surface area contributed by atoms with Crippen molar-refractivity contribution in [3.05, 3.63) is 59.5 Å². The van der Waals surface area contributed by atoms with Crippen molar-refractivity contribution in [1.82, 2.24) is 19.9 Å². The van der Waals surface area contributed by atoms with Gasteiger partial charge in [-0.15, -0.1) is 0 Å². The van der Waals surface area contributed by atoms with Crippen molar-refractivity contribution in [2.24, 2.45) is 5.41 Å². The van der Waals surface area contributed by atoms with E-state index in [-0.39, 0.29) is 12.0 Å². The van der Waals surface area contributed by atoms with E-state index in [1.807, 2.05) is 6.07 Å². The van der Waals surface area contributed by atoms with Crippen LogP contribution >= 0.6 is 0 Å². The largest absolute Gasteiger partial charge is 0.491 e. The second-order valence-corrected chi connectivity index (χ2v) is 10.5. The molecule has 0 saturated carbocycles. The first kappa shape index (κ1) is 22.8. The van der Waals surface area contributed by atoms with Gasteiger partial charge in [0.25, 0.3) is 0 Å². The molecule has 0 radical (unpaired) electrons. The maximum Gasteiger partial charge on any atom is 0.201 e. The Kier molecular flexibility index (Phi) is 5.74. The van der Waals surface area contributed by atoms with Crippen LogP contribution in [0.4, 0.5) is 16.2 Å². The predicted octanol–water partition coefficient (Wildman–Crippen LogP) is 5.32. The summed E-state index contributed by atoms with van der Waals surface area (Å²) in [7, 11) is 0. The molecule has 2 aromatic carbocycles. The molecule has 1 aliphatic heterocycles. The van der Waals surface area contributed by atoms with Gasteiger partial charge in [-0.2, -0.15) is 0 Å². The van der Waals surface area contributed by atoms with Gasteiger partial charge in [-0.25, -0.2) is 19.3 Å². The third-order valence-electron chi connectivity index (χ3n) is 7.25. The van der Waals surface area contributed by atoms with Crippen molar-refractivity contribution in [1.29, 1.82) is 0 Å². The van der Waals surface area contributed by atoms with Crippen LogP contribution in [0.25, 0.3) is 22.2 Å². The second-order valence-electron chi connectivity index (χ2n) is 10.5. The van der Waals surface area contributed by atoms with Gasteiger partial charge in [0.15, 0.2) is 0 Å². The van der Waals surface area contributed by atoms with Gasteiger partial charge in [-0.05, 0) is 60.1 Å². The molecule has 2 aromatic heterocycles. The molecule has 2 aliphatic rings. The van der Waals surface area contributed by atoms with Gasteiger partial charge in [0, 0.05) is 29.9 Å². The molecule has 4 aromatic rings. The quantitative estimate of drug-likeness (QED) is 0.398. The lowest BCUT2D eigenvalue weighted by atomic mass is 9.76. The van der Waals surface area contributed by atoms with Crippen molar-refractivity contribution >= 4 is 22.8 Å². The number of rotatable bonds is 5. The lowest BCUT2D eigenvalue weighted by molar-refractivity contribution is 0.310. The Labute approximate surface area is 210 Å². The fraction of sp³-hybridized carbons (Fsp3) is 0.393. The SMILES string of the molecule is CC1(C)CCc2ncnc(N3CCOc4ccc(-c5ccc6nc(NCCF)[nH]c6c5)cc4C3)c2C1. The second kappa shape index (κ2) is 9.08. The Hall–Kier alpha value is -3.68. The van der Waals surface area contributed by atoms with Crippen molar-refractivity contribution in [2.75, 3.05) is 36.6 Å². The van der Waals surface area contributed by atoms with Crippen LogP contribution in [0, 0.1) is 5.41 Å². The number of hydrogen-bond acceptors (Lipinski definition) is 6. The first-order valence-corrected chi connectivity index (χ1v) is 12.6. The molecule has 7 nitrogen and oxygen atoms in total. The van der Waals surface area contributed by atoms with E-state index in [1.54, 1.807) is 6.33 Å². The fourth-order valence-corrected chi connectivity index (χ4v) is 5.32. The van der Waals surface area contributed by atoms with Crippen LogP contribution in [-0.2, 0) is 19.4 Å². The molecular weight excluding hydrogens is 455 g/mol. The summed E-state index contributed by atoms with van der Waals surface area (Å²) >= 11 is 0. The molecule has 0 atom stereocenters. The number of nitrogens with one attached hydrogen (secondary N) is 2. The Morgan fingerprint density at radius 2 is 2.00 bits per heavy atom. The molecule has 186 valence electrons. The van der Waals surface area contributed by atoms with Crippen LogP contribution in [0.5, 0.6) is 5.75 Å². The Morgan fingerprint density at radius 1 is 1.14 bits per heavy atom. The molecule has 0 fully saturated rings. The van der Waals surface area contributed by atoms with Crippen LogP contribution in [-0.4, -0.2) is 46.3 Å². The van der Waals surface area contributed by atoms with Gasteiger partial charge in [0.05, 0.1) is 17.6 Å². The highest BCUT2D eigenvalue weighted by atomic mass is 19.1. The summed E-state index contributed by atoms with van der Waals surface area (Å²) < 4.78 is 18.7. The lowest BCUT2D eigenvalue weighted by Crippen LogP contribution is -2.31. The number of aryl methyl sites for hydroxylation is 1. The van der Waals surface area contributed by atoms with Crippen LogP contribution in [0.3, 0.4) is 0 Å². The van der Waals surface area contributed by atoms with Crippen molar-refractivity contribution < 1.29 is 9.13 Å². The highest BCUT2D eigenvalue weighted by Gasteiger charge is 2.30. The van der Waals surface area contributed by atoms with Crippen LogP contribution in [0.2, 0.25) is 0 Å². The minimum absolute atomic E-state index is 0.237. The van der Waals surface area contributed by atoms with E-state index in [2.05, 4.69) is 69.3 Å². The topological polar surface area (TPSA) is 79.0 Å². The Bertz CT molecular complexity index is 1410. The number of aromatic nitrogens is 4. The molecule has 0 bridgehead atoms. The maximum atomic E-state index is 12.5. The molecule has 0 saturated heterocycles. The average molecular weight is 487 g/mol. The van der Waals surface area contributed by atoms with Crippen molar-refractivity contribution in [3.8, 4) is 16.9 Å². The summed E-state index contributed by atoms with van der Waals surface area (Å²) in [5.41, 5.74) is 7.83. The standard InChI is InChI=1S/C28H31FN6O/c1-28(2)8-7-22-21(15-28)26(32-17-31-22)35-11-12-36-25-6-4-18(13-20(25)16-35)19-3-5-23-24(14-19)34-27(33-23)30-10-9-29/h3-6,13-14,17H,7-12,15-16H2,1-2H3,(H2,30,33,34). The number of imidazole rings is 1. The number of hydrogen-bond donors (Lipinski definition) is 2. The van der Waals surface area contributed by atoms with E-state index in [9.17, 15) is 4.39 Å². The van der Waals surface area contributed by atoms with E-state index >= 15 is 0 Å². The van der Waals surface area contributed by atoms with Crippen LogP contribution in [0.1, 0.15) is 37.1 Å². The number of H-pyrrole nitrogens is 1.